The lowest BCUT2D eigenvalue weighted by Crippen LogP contribution is -2.26. The Kier molecular flexibility index (Phi) is 6.45. The fraction of sp³-hybridized carbons (Fsp3) is 0.500. The van der Waals surface area contributed by atoms with Crippen LogP contribution in [0.1, 0.15) is 26.7 Å². The molecule has 0 aromatic rings. The summed E-state index contributed by atoms with van der Waals surface area (Å²) in [5.41, 5.74) is 6.31. The maximum absolute atomic E-state index is 11.6. The van der Waals surface area contributed by atoms with Gasteiger partial charge in [0.15, 0.2) is 10.9 Å². The SMILES string of the molecule is CCCCOC1=C(Cl)N(C)/C(=C(\N)C(=O)OCC)C=C1. The lowest BCUT2D eigenvalue weighted by molar-refractivity contribution is -0.138. The molecule has 0 unspecified atom stereocenters. The topological polar surface area (TPSA) is 64.8 Å². The average Bonchev–Trinajstić information content (AvgIpc) is 2.43. The van der Waals surface area contributed by atoms with Crippen LogP contribution in [0.5, 0.6) is 0 Å². The van der Waals surface area contributed by atoms with Crippen molar-refractivity contribution in [2.75, 3.05) is 20.3 Å². The zero-order valence-corrected chi connectivity index (χ0v) is 12.9. The van der Waals surface area contributed by atoms with Crippen molar-refractivity contribution >= 4 is 17.6 Å². The minimum Gasteiger partial charge on any atom is -0.490 e. The quantitative estimate of drug-likeness (QED) is 0.353. The van der Waals surface area contributed by atoms with E-state index in [1.54, 1.807) is 31.0 Å². The molecule has 0 radical (unpaired) electrons. The standard InChI is InChI=1S/C14H21ClN2O3/c1-4-6-9-20-11-8-7-10(17(3)13(11)15)12(16)14(18)19-5-2/h7-8H,4-6,9,16H2,1-3H3/b12-10-. The molecule has 2 N–H and O–H groups in total. The number of unbranched alkanes of at least 4 members (excludes halogenated alkanes) is 1. The molecule has 112 valence electrons. The predicted molar refractivity (Wildman–Crippen MR) is 78.5 cm³/mol. The summed E-state index contributed by atoms with van der Waals surface area (Å²) in [4.78, 5) is 13.2. The van der Waals surface area contributed by atoms with E-state index in [1.807, 2.05) is 0 Å². The smallest absolute Gasteiger partial charge is 0.356 e. The maximum Gasteiger partial charge on any atom is 0.356 e. The molecule has 0 saturated carbocycles. The van der Waals surface area contributed by atoms with E-state index in [9.17, 15) is 4.79 Å². The number of rotatable bonds is 6. The summed E-state index contributed by atoms with van der Waals surface area (Å²) < 4.78 is 10.5. The second-order valence-corrected chi connectivity index (χ2v) is 4.63. The van der Waals surface area contributed by atoms with Crippen LogP contribution in [-0.4, -0.2) is 31.1 Å². The molecule has 1 aliphatic heterocycles. The molecule has 5 nitrogen and oxygen atoms in total. The zero-order chi connectivity index (χ0) is 15.1. The van der Waals surface area contributed by atoms with Crippen LogP contribution in [0, 0.1) is 0 Å². The number of esters is 1. The Morgan fingerprint density at radius 1 is 1.40 bits per heavy atom. The van der Waals surface area contributed by atoms with Crippen molar-refractivity contribution in [3.8, 4) is 0 Å². The molecular formula is C14H21ClN2O3. The van der Waals surface area contributed by atoms with E-state index in [0.717, 1.165) is 12.8 Å². The van der Waals surface area contributed by atoms with Crippen LogP contribution in [0.3, 0.4) is 0 Å². The normalized spacial score (nSPS) is 17.3. The van der Waals surface area contributed by atoms with Crippen LogP contribution in [0.15, 0.2) is 34.5 Å². The van der Waals surface area contributed by atoms with Gasteiger partial charge < -0.3 is 20.1 Å². The van der Waals surface area contributed by atoms with Gasteiger partial charge in [0, 0.05) is 7.05 Å². The highest BCUT2D eigenvalue weighted by Crippen LogP contribution is 2.27. The largest absolute Gasteiger partial charge is 0.490 e. The Morgan fingerprint density at radius 2 is 2.10 bits per heavy atom. The minimum atomic E-state index is -0.557. The van der Waals surface area contributed by atoms with Gasteiger partial charge in [-0.15, -0.1) is 0 Å². The van der Waals surface area contributed by atoms with Gasteiger partial charge in [-0.1, -0.05) is 24.9 Å². The number of likely N-dealkylation sites (N-methyl/N-ethyl adjacent to an activating group) is 1. The first-order valence-corrected chi connectivity index (χ1v) is 7.01. The van der Waals surface area contributed by atoms with Crippen LogP contribution in [0.25, 0.3) is 0 Å². The number of nitrogens with two attached hydrogens (primary N) is 1. The fourth-order valence-corrected chi connectivity index (χ4v) is 1.83. The molecule has 1 heterocycles. The van der Waals surface area contributed by atoms with E-state index in [4.69, 9.17) is 26.8 Å². The molecule has 1 aliphatic rings. The van der Waals surface area contributed by atoms with Crippen LogP contribution >= 0.6 is 11.6 Å². The molecule has 6 heteroatoms. The van der Waals surface area contributed by atoms with E-state index in [-0.39, 0.29) is 12.3 Å². The average molecular weight is 301 g/mol. The van der Waals surface area contributed by atoms with Crippen molar-refractivity contribution in [3.63, 3.8) is 0 Å². The van der Waals surface area contributed by atoms with Gasteiger partial charge in [0.2, 0.25) is 0 Å². The molecular weight excluding hydrogens is 280 g/mol. The van der Waals surface area contributed by atoms with Crippen molar-refractivity contribution in [2.24, 2.45) is 5.73 Å². The fourth-order valence-electron chi connectivity index (χ4n) is 1.62. The van der Waals surface area contributed by atoms with Crippen molar-refractivity contribution in [2.45, 2.75) is 26.7 Å². The Hall–Kier alpha value is -1.62. The van der Waals surface area contributed by atoms with Crippen molar-refractivity contribution in [1.82, 2.24) is 4.90 Å². The van der Waals surface area contributed by atoms with E-state index in [0.29, 0.717) is 23.2 Å². The monoisotopic (exact) mass is 300 g/mol. The number of carbonyl (C=O) groups is 1. The van der Waals surface area contributed by atoms with Gasteiger partial charge in [-0.25, -0.2) is 4.79 Å². The van der Waals surface area contributed by atoms with E-state index < -0.39 is 5.97 Å². The molecule has 0 saturated heterocycles. The van der Waals surface area contributed by atoms with Gasteiger partial charge >= 0.3 is 5.97 Å². The van der Waals surface area contributed by atoms with Crippen molar-refractivity contribution < 1.29 is 14.3 Å². The lowest BCUT2D eigenvalue weighted by Gasteiger charge is -2.26. The van der Waals surface area contributed by atoms with Crippen LogP contribution < -0.4 is 5.73 Å². The van der Waals surface area contributed by atoms with E-state index in [2.05, 4.69) is 6.92 Å². The van der Waals surface area contributed by atoms with Crippen LogP contribution in [0.4, 0.5) is 0 Å². The molecule has 0 spiro atoms. The number of hydrogen-bond acceptors (Lipinski definition) is 5. The molecule has 0 aromatic carbocycles. The minimum absolute atomic E-state index is 0.0244. The molecule has 0 atom stereocenters. The van der Waals surface area contributed by atoms with E-state index in [1.165, 1.54) is 0 Å². The number of ether oxygens (including phenoxy) is 2. The zero-order valence-electron chi connectivity index (χ0n) is 12.1. The van der Waals surface area contributed by atoms with Crippen LogP contribution in [-0.2, 0) is 14.3 Å². The lowest BCUT2D eigenvalue weighted by atomic mass is 10.2. The third-order valence-corrected chi connectivity index (χ3v) is 3.22. The van der Waals surface area contributed by atoms with Gasteiger partial charge in [-0.05, 0) is 25.5 Å². The van der Waals surface area contributed by atoms with Crippen molar-refractivity contribution in [1.29, 1.82) is 0 Å². The molecule has 0 bridgehead atoms. The first-order chi connectivity index (χ1) is 9.52. The second-order valence-electron chi connectivity index (χ2n) is 4.27. The van der Waals surface area contributed by atoms with Gasteiger partial charge in [-0.2, -0.15) is 0 Å². The number of allylic oxidation sites excluding steroid dienone is 2. The summed E-state index contributed by atoms with van der Waals surface area (Å²) in [7, 11) is 1.72. The Bertz CT molecular complexity index is 455. The summed E-state index contributed by atoms with van der Waals surface area (Å²) in [5, 5.41) is 0.394. The Labute approximate surface area is 124 Å². The Morgan fingerprint density at radius 3 is 2.70 bits per heavy atom. The van der Waals surface area contributed by atoms with Gasteiger partial charge in [0.1, 0.15) is 5.70 Å². The summed E-state index contributed by atoms with van der Waals surface area (Å²) in [6.07, 6.45) is 5.41. The highest BCUT2D eigenvalue weighted by atomic mass is 35.5. The predicted octanol–water partition coefficient (Wildman–Crippen LogP) is 2.45. The number of hydrogen-bond donors (Lipinski definition) is 1. The third kappa shape index (κ3) is 3.93. The summed E-state index contributed by atoms with van der Waals surface area (Å²) >= 11 is 6.22. The highest BCUT2D eigenvalue weighted by molar-refractivity contribution is 6.29. The maximum atomic E-state index is 11.6. The highest BCUT2D eigenvalue weighted by Gasteiger charge is 2.22. The van der Waals surface area contributed by atoms with Gasteiger partial charge in [-0.3, -0.25) is 0 Å². The number of nitrogens with zero attached hydrogens (tertiary/aromatic N) is 1. The van der Waals surface area contributed by atoms with Crippen LogP contribution in [0.2, 0.25) is 0 Å². The van der Waals surface area contributed by atoms with E-state index >= 15 is 0 Å². The molecule has 0 fully saturated rings. The molecule has 0 amide bonds. The molecule has 1 rings (SSSR count). The number of halogens is 1. The summed E-state index contributed by atoms with van der Waals surface area (Å²) in [6.45, 7) is 4.69. The first kappa shape index (κ1) is 16.4. The summed E-state index contributed by atoms with van der Waals surface area (Å²) in [6, 6.07) is 0. The van der Waals surface area contributed by atoms with Gasteiger partial charge in [0.25, 0.3) is 0 Å². The first-order valence-electron chi connectivity index (χ1n) is 6.64. The second kappa shape index (κ2) is 7.85. The van der Waals surface area contributed by atoms with Gasteiger partial charge in [0.05, 0.1) is 18.9 Å². The van der Waals surface area contributed by atoms with Crippen molar-refractivity contribution in [3.05, 3.63) is 34.5 Å². The number of carbonyl (C=O) groups excluding carboxylic acids is 1. The third-order valence-electron chi connectivity index (χ3n) is 2.78. The molecule has 0 aliphatic carbocycles. The summed E-state index contributed by atoms with van der Waals surface area (Å²) in [5.74, 6) is 0.0156. The molecule has 20 heavy (non-hydrogen) atoms. The Balaban J connectivity index is 2.87. The molecule has 0 aromatic heterocycles.